The normalized spacial score (nSPS) is 17.6. The molecule has 1 nitrogen and oxygen atoms in total. The Morgan fingerprint density at radius 3 is 2.88 bits per heavy atom. The number of nitrogens with zero attached hydrogens (tertiary/aromatic N) is 1. The minimum atomic E-state index is 0.820. The summed E-state index contributed by atoms with van der Waals surface area (Å²) in [6, 6.07) is 5.30. The average Bonchev–Trinajstić information content (AvgIpc) is 3.06. The van der Waals surface area contributed by atoms with E-state index in [-0.39, 0.29) is 0 Å². The predicted molar refractivity (Wildman–Crippen MR) is 79.9 cm³/mol. The Labute approximate surface area is 117 Å². The number of thiophene rings is 1. The molecule has 1 saturated carbocycles. The maximum atomic E-state index is 3.67. The fourth-order valence-electron chi connectivity index (χ4n) is 2.34. The van der Waals surface area contributed by atoms with Crippen LogP contribution < -0.4 is 0 Å². The van der Waals surface area contributed by atoms with Crippen LogP contribution >= 0.6 is 27.3 Å². The molecular weight excluding hydrogens is 294 g/mol. The lowest BCUT2D eigenvalue weighted by Crippen LogP contribution is -2.31. The SMILES string of the molecule is CCCC(CBr)CN(Cc1cccs1)C1CC1. The third-order valence-corrected chi connectivity index (χ3v) is 5.19. The van der Waals surface area contributed by atoms with Gasteiger partial charge in [0.25, 0.3) is 0 Å². The van der Waals surface area contributed by atoms with Crippen LogP contribution in [0.3, 0.4) is 0 Å². The van der Waals surface area contributed by atoms with Gasteiger partial charge in [-0.05, 0) is 36.6 Å². The molecule has 1 heterocycles. The second-order valence-corrected chi connectivity index (χ2v) is 6.73. The molecule has 1 aromatic rings. The summed E-state index contributed by atoms with van der Waals surface area (Å²) in [5.74, 6) is 0.820. The number of rotatable bonds is 8. The maximum Gasteiger partial charge on any atom is 0.0330 e. The van der Waals surface area contributed by atoms with Crippen molar-refractivity contribution in [2.24, 2.45) is 5.92 Å². The van der Waals surface area contributed by atoms with Crippen molar-refractivity contribution in [2.45, 2.75) is 45.2 Å². The summed E-state index contributed by atoms with van der Waals surface area (Å²) in [6.45, 7) is 4.72. The van der Waals surface area contributed by atoms with E-state index in [9.17, 15) is 0 Å². The highest BCUT2D eigenvalue weighted by Gasteiger charge is 2.30. The molecule has 0 amide bonds. The van der Waals surface area contributed by atoms with Crippen molar-refractivity contribution in [1.29, 1.82) is 0 Å². The molecule has 96 valence electrons. The van der Waals surface area contributed by atoms with Crippen LogP contribution in [0.2, 0.25) is 0 Å². The third kappa shape index (κ3) is 4.38. The molecule has 0 N–H and O–H groups in total. The van der Waals surface area contributed by atoms with Gasteiger partial charge in [-0.1, -0.05) is 35.3 Å². The number of halogens is 1. The van der Waals surface area contributed by atoms with Crippen LogP contribution in [0.5, 0.6) is 0 Å². The van der Waals surface area contributed by atoms with Gasteiger partial charge in [0.05, 0.1) is 0 Å². The van der Waals surface area contributed by atoms with Gasteiger partial charge in [-0.15, -0.1) is 11.3 Å². The molecule has 1 aromatic heterocycles. The molecule has 0 bridgehead atoms. The fraction of sp³-hybridized carbons (Fsp3) is 0.714. The van der Waals surface area contributed by atoms with Gasteiger partial charge >= 0.3 is 0 Å². The van der Waals surface area contributed by atoms with Gasteiger partial charge in [-0.2, -0.15) is 0 Å². The van der Waals surface area contributed by atoms with E-state index in [0.29, 0.717) is 0 Å². The second kappa shape index (κ2) is 6.91. The van der Waals surface area contributed by atoms with Crippen LogP contribution in [0.4, 0.5) is 0 Å². The topological polar surface area (TPSA) is 3.24 Å². The Morgan fingerprint density at radius 2 is 2.35 bits per heavy atom. The van der Waals surface area contributed by atoms with Crippen molar-refractivity contribution in [1.82, 2.24) is 4.90 Å². The van der Waals surface area contributed by atoms with Crippen molar-refractivity contribution >= 4 is 27.3 Å². The van der Waals surface area contributed by atoms with Crippen LogP contribution in [-0.2, 0) is 6.54 Å². The molecule has 0 saturated heterocycles. The first kappa shape index (κ1) is 13.6. The molecule has 1 unspecified atom stereocenters. The van der Waals surface area contributed by atoms with Crippen LogP contribution in [0.15, 0.2) is 17.5 Å². The van der Waals surface area contributed by atoms with Gasteiger partial charge in [-0.25, -0.2) is 0 Å². The van der Waals surface area contributed by atoms with Crippen LogP contribution in [0.25, 0.3) is 0 Å². The van der Waals surface area contributed by atoms with Gasteiger partial charge in [0.15, 0.2) is 0 Å². The predicted octanol–water partition coefficient (Wildman–Crippen LogP) is 4.52. The average molecular weight is 316 g/mol. The summed E-state index contributed by atoms with van der Waals surface area (Å²) in [4.78, 5) is 4.22. The standard InChI is InChI=1S/C14H22BrNS/c1-2-4-12(9-15)10-16(13-6-7-13)11-14-5-3-8-17-14/h3,5,8,12-13H,2,4,6-7,9-11H2,1H3. The van der Waals surface area contributed by atoms with Gasteiger partial charge in [0, 0.05) is 29.3 Å². The van der Waals surface area contributed by atoms with E-state index < -0.39 is 0 Å². The Bertz CT molecular complexity index is 308. The monoisotopic (exact) mass is 315 g/mol. The van der Waals surface area contributed by atoms with Crippen molar-refractivity contribution in [2.75, 3.05) is 11.9 Å². The van der Waals surface area contributed by atoms with Crippen LogP contribution in [0.1, 0.15) is 37.5 Å². The molecule has 0 aliphatic heterocycles. The second-order valence-electron chi connectivity index (χ2n) is 5.05. The van der Waals surface area contributed by atoms with E-state index in [4.69, 9.17) is 0 Å². The van der Waals surface area contributed by atoms with Crippen LogP contribution in [0, 0.1) is 5.92 Å². The van der Waals surface area contributed by atoms with Crippen molar-refractivity contribution in [3.05, 3.63) is 22.4 Å². The largest absolute Gasteiger partial charge is 0.295 e. The van der Waals surface area contributed by atoms with Gasteiger partial charge in [0.1, 0.15) is 0 Å². The molecule has 1 atom stereocenters. The van der Waals surface area contributed by atoms with E-state index in [1.807, 2.05) is 11.3 Å². The zero-order valence-corrected chi connectivity index (χ0v) is 13.0. The summed E-state index contributed by atoms with van der Waals surface area (Å²) in [6.07, 6.45) is 5.46. The number of hydrogen-bond acceptors (Lipinski definition) is 2. The lowest BCUT2D eigenvalue weighted by atomic mass is 10.1. The third-order valence-electron chi connectivity index (χ3n) is 3.41. The lowest BCUT2D eigenvalue weighted by molar-refractivity contribution is 0.218. The van der Waals surface area contributed by atoms with Crippen molar-refractivity contribution in [3.8, 4) is 0 Å². The zero-order chi connectivity index (χ0) is 12.1. The smallest absolute Gasteiger partial charge is 0.0330 e. The molecular formula is C14H22BrNS. The van der Waals surface area contributed by atoms with E-state index in [0.717, 1.165) is 23.8 Å². The molecule has 1 aliphatic carbocycles. The minimum Gasteiger partial charge on any atom is -0.295 e. The first-order valence-electron chi connectivity index (χ1n) is 6.65. The molecule has 0 aromatic carbocycles. The first-order chi connectivity index (χ1) is 8.33. The number of alkyl halides is 1. The summed E-state index contributed by atoms with van der Waals surface area (Å²) >= 11 is 5.56. The molecule has 0 radical (unpaired) electrons. The molecule has 3 heteroatoms. The van der Waals surface area contributed by atoms with E-state index in [1.165, 1.54) is 37.1 Å². The van der Waals surface area contributed by atoms with Gasteiger partial charge in [-0.3, -0.25) is 4.90 Å². The molecule has 2 rings (SSSR count). The highest BCUT2D eigenvalue weighted by molar-refractivity contribution is 9.09. The summed E-state index contributed by atoms with van der Waals surface area (Å²) < 4.78 is 0. The Hall–Kier alpha value is 0.140. The lowest BCUT2D eigenvalue weighted by Gasteiger charge is -2.26. The Morgan fingerprint density at radius 1 is 1.53 bits per heavy atom. The first-order valence-corrected chi connectivity index (χ1v) is 8.66. The molecule has 1 aliphatic rings. The maximum absolute atomic E-state index is 3.67. The highest BCUT2D eigenvalue weighted by Crippen LogP contribution is 2.30. The van der Waals surface area contributed by atoms with E-state index in [2.05, 4.69) is 45.3 Å². The van der Waals surface area contributed by atoms with E-state index in [1.54, 1.807) is 0 Å². The zero-order valence-electron chi connectivity index (χ0n) is 10.6. The summed E-state index contributed by atoms with van der Waals surface area (Å²) in [5.41, 5.74) is 0. The summed E-state index contributed by atoms with van der Waals surface area (Å²) in [7, 11) is 0. The van der Waals surface area contributed by atoms with Gasteiger partial charge < -0.3 is 0 Å². The Kier molecular flexibility index (Phi) is 5.51. The minimum absolute atomic E-state index is 0.820. The van der Waals surface area contributed by atoms with Crippen molar-refractivity contribution < 1.29 is 0 Å². The molecule has 17 heavy (non-hydrogen) atoms. The fourth-order valence-corrected chi connectivity index (χ4v) is 3.60. The highest BCUT2D eigenvalue weighted by atomic mass is 79.9. The van der Waals surface area contributed by atoms with E-state index >= 15 is 0 Å². The van der Waals surface area contributed by atoms with Crippen LogP contribution in [-0.4, -0.2) is 22.8 Å². The molecule has 1 fully saturated rings. The number of hydrogen-bond donors (Lipinski definition) is 0. The van der Waals surface area contributed by atoms with Crippen molar-refractivity contribution in [3.63, 3.8) is 0 Å². The Balaban J connectivity index is 1.88. The summed E-state index contributed by atoms with van der Waals surface area (Å²) in [5, 5.41) is 3.34. The molecule has 0 spiro atoms. The quantitative estimate of drug-likeness (QED) is 0.637. The van der Waals surface area contributed by atoms with Gasteiger partial charge in [0.2, 0.25) is 0 Å².